The molecule has 3 heterocycles. The van der Waals surface area contributed by atoms with Crippen molar-refractivity contribution in [2.24, 2.45) is 10.8 Å². The Morgan fingerprint density at radius 1 is 0.415 bits per heavy atom. The second-order valence-electron chi connectivity index (χ2n) is 11.8. The standard InChI is InChI=1S/C29H33N3O6S3/c1-22-4-10-25(11-5-22)39(33,34)30-16-28-18-31(40(35,36)26-12-6-23(2)7-13-26)19-29(28,17-30)21-32(20-28)41(37,38)27-14-8-24(3)9-15-27/h4-15H,16-21H2,1-3H3. The molecule has 218 valence electrons. The van der Waals surface area contributed by atoms with Gasteiger partial charge in [-0.05, 0) is 57.2 Å². The monoisotopic (exact) mass is 615 g/mol. The Bertz CT molecular complexity index is 1580. The summed E-state index contributed by atoms with van der Waals surface area (Å²) in [5, 5.41) is 0. The molecule has 0 atom stereocenters. The van der Waals surface area contributed by atoms with Gasteiger partial charge in [0, 0.05) is 50.1 Å². The van der Waals surface area contributed by atoms with Gasteiger partial charge in [-0.25, -0.2) is 25.3 Å². The lowest BCUT2D eigenvalue weighted by Gasteiger charge is -2.30. The molecule has 3 aliphatic rings. The summed E-state index contributed by atoms with van der Waals surface area (Å²) >= 11 is 0. The molecule has 0 amide bonds. The molecule has 0 bridgehead atoms. The molecule has 12 heteroatoms. The van der Waals surface area contributed by atoms with Crippen molar-refractivity contribution in [2.75, 3.05) is 39.3 Å². The predicted octanol–water partition coefficient (Wildman–Crippen LogP) is 3.00. The van der Waals surface area contributed by atoms with E-state index in [4.69, 9.17) is 0 Å². The van der Waals surface area contributed by atoms with E-state index in [-0.39, 0.29) is 54.0 Å². The van der Waals surface area contributed by atoms with Crippen molar-refractivity contribution in [3.8, 4) is 0 Å². The van der Waals surface area contributed by atoms with Crippen LogP contribution in [0.2, 0.25) is 0 Å². The number of aryl methyl sites for hydroxylation is 3. The summed E-state index contributed by atoms with van der Waals surface area (Å²) in [5.74, 6) is 0. The molecule has 0 radical (unpaired) electrons. The lowest BCUT2D eigenvalue weighted by Crippen LogP contribution is -2.45. The number of benzene rings is 3. The predicted molar refractivity (Wildman–Crippen MR) is 155 cm³/mol. The van der Waals surface area contributed by atoms with E-state index < -0.39 is 40.9 Å². The highest BCUT2D eigenvalue weighted by Gasteiger charge is 2.71. The average molecular weight is 616 g/mol. The second kappa shape index (κ2) is 9.45. The Hall–Kier alpha value is -2.61. The SMILES string of the molecule is Cc1ccc(S(=O)(=O)N2CC34CN(S(=O)(=O)c5ccc(C)cc5)CC3(C2)CN(S(=O)(=O)c2ccc(C)cc2)C4)cc1. The maximum absolute atomic E-state index is 13.7. The molecule has 0 unspecified atom stereocenters. The molecule has 3 fully saturated rings. The fraction of sp³-hybridized carbons (Fsp3) is 0.379. The minimum Gasteiger partial charge on any atom is -0.207 e. The van der Waals surface area contributed by atoms with Crippen LogP contribution in [0.25, 0.3) is 0 Å². The minimum absolute atomic E-state index is 0.0308. The van der Waals surface area contributed by atoms with Gasteiger partial charge in [0.1, 0.15) is 0 Å². The van der Waals surface area contributed by atoms with E-state index in [0.717, 1.165) is 16.7 Å². The molecule has 6 rings (SSSR count). The molecule has 41 heavy (non-hydrogen) atoms. The quantitative estimate of drug-likeness (QED) is 0.422. The van der Waals surface area contributed by atoms with Crippen LogP contribution in [-0.4, -0.2) is 77.4 Å². The van der Waals surface area contributed by atoms with Crippen LogP contribution >= 0.6 is 0 Å². The van der Waals surface area contributed by atoms with Gasteiger partial charge in [0.05, 0.1) is 14.7 Å². The largest absolute Gasteiger partial charge is 0.243 e. The van der Waals surface area contributed by atoms with Crippen molar-refractivity contribution < 1.29 is 25.3 Å². The molecule has 3 aliphatic heterocycles. The van der Waals surface area contributed by atoms with Crippen molar-refractivity contribution in [1.29, 1.82) is 0 Å². The number of nitrogens with zero attached hydrogens (tertiary/aromatic N) is 3. The average Bonchev–Trinajstić information content (AvgIpc) is 3.49. The zero-order valence-corrected chi connectivity index (χ0v) is 25.6. The number of rotatable bonds is 6. The van der Waals surface area contributed by atoms with E-state index in [1.807, 2.05) is 20.8 Å². The molecule has 3 aromatic carbocycles. The Balaban J connectivity index is 1.38. The maximum atomic E-state index is 13.7. The van der Waals surface area contributed by atoms with E-state index in [2.05, 4.69) is 0 Å². The fourth-order valence-corrected chi connectivity index (χ4v) is 11.4. The van der Waals surface area contributed by atoms with Gasteiger partial charge in [-0.15, -0.1) is 0 Å². The first kappa shape index (κ1) is 28.5. The number of hydrogen-bond donors (Lipinski definition) is 0. The first-order valence-electron chi connectivity index (χ1n) is 13.4. The van der Waals surface area contributed by atoms with E-state index in [1.165, 1.54) is 12.9 Å². The smallest absolute Gasteiger partial charge is 0.207 e. The van der Waals surface area contributed by atoms with Crippen LogP contribution < -0.4 is 0 Å². The van der Waals surface area contributed by atoms with Crippen molar-refractivity contribution >= 4 is 30.1 Å². The number of hydrogen-bond acceptors (Lipinski definition) is 6. The molecule has 0 N–H and O–H groups in total. The zero-order valence-electron chi connectivity index (χ0n) is 23.2. The van der Waals surface area contributed by atoms with E-state index >= 15 is 0 Å². The Labute approximate surface area is 242 Å². The maximum Gasteiger partial charge on any atom is 0.243 e. The van der Waals surface area contributed by atoms with Gasteiger partial charge in [-0.3, -0.25) is 0 Å². The molecule has 3 saturated heterocycles. The Kier molecular flexibility index (Phi) is 6.57. The molecule has 3 aromatic rings. The van der Waals surface area contributed by atoms with Gasteiger partial charge < -0.3 is 0 Å². The Morgan fingerprint density at radius 2 is 0.610 bits per heavy atom. The highest BCUT2D eigenvalue weighted by molar-refractivity contribution is 7.89. The lowest BCUT2D eigenvalue weighted by molar-refractivity contribution is 0.241. The summed E-state index contributed by atoms with van der Waals surface area (Å²) < 4.78 is 86.6. The van der Waals surface area contributed by atoms with E-state index in [0.29, 0.717) is 0 Å². The first-order valence-corrected chi connectivity index (χ1v) is 17.7. The molecule has 0 aromatic heterocycles. The summed E-state index contributed by atoms with van der Waals surface area (Å²) in [6.07, 6.45) is 0. The van der Waals surface area contributed by atoms with Crippen molar-refractivity contribution in [3.63, 3.8) is 0 Å². The van der Waals surface area contributed by atoms with Gasteiger partial charge in [-0.2, -0.15) is 12.9 Å². The van der Waals surface area contributed by atoms with Crippen LogP contribution in [0, 0.1) is 31.6 Å². The van der Waals surface area contributed by atoms with Crippen LogP contribution in [0.5, 0.6) is 0 Å². The normalized spacial score (nSPS) is 25.8. The summed E-state index contributed by atoms with van der Waals surface area (Å²) in [6.45, 7) is 5.83. The van der Waals surface area contributed by atoms with Gasteiger partial charge >= 0.3 is 0 Å². The van der Waals surface area contributed by atoms with Gasteiger partial charge in [-0.1, -0.05) is 53.1 Å². The van der Waals surface area contributed by atoms with Gasteiger partial charge in [0.25, 0.3) is 0 Å². The zero-order chi connectivity index (χ0) is 29.4. The van der Waals surface area contributed by atoms with Crippen LogP contribution in [0.3, 0.4) is 0 Å². The fourth-order valence-electron chi connectivity index (χ4n) is 6.59. The van der Waals surface area contributed by atoms with Crippen molar-refractivity contribution in [2.45, 2.75) is 35.5 Å². The highest BCUT2D eigenvalue weighted by atomic mass is 32.2. The molecule has 0 saturated carbocycles. The molecule has 0 aliphatic carbocycles. The summed E-state index contributed by atoms with van der Waals surface area (Å²) in [5.41, 5.74) is 1.00. The van der Waals surface area contributed by atoms with E-state index in [1.54, 1.807) is 72.8 Å². The van der Waals surface area contributed by atoms with Crippen LogP contribution in [0.4, 0.5) is 0 Å². The lowest BCUT2D eigenvalue weighted by atomic mass is 9.71. The highest BCUT2D eigenvalue weighted by Crippen LogP contribution is 2.59. The molecule has 9 nitrogen and oxygen atoms in total. The van der Waals surface area contributed by atoms with Gasteiger partial charge in [0.2, 0.25) is 30.1 Å². The molecule has 0 spiro atoms. The first-order chi connectivity index (χ1) is 19.2. The number of sulfonamides is 3. The summed E-state index contributed by atoms with van der Waals surface area (Å²) in [7, 11) is -11.6. The van der Waals surface area contributed by atoms with Crippen LogP contribution in [0.15, 0.2) is 87.5 Å². The van der Waals surface area contributed by atoms with Crippen LogP contribution in [0.1, 0.15) is 16.7 Å². The summed E-state index contributed by atoms with van der Waals surface area (Å²) in [4.78, 5) is 0.506. The van der Waals surface area contributed by atoms with E-state index in [9.17, 15) is 25.3 Å². The van der Waals surface area contributed by atoms with Crippen molar-refractivity contribution in [3.05, 3.63) is 89.5 Å². The third kappa shape index (κ3) is 4.47. The topological polar surface area (TPSA) is 112 Å². The van der Waals surface area contributed by atoms with Gasteiger partial charge in [0.15, 0.2) is 0 Å². The third-order valence-electron chi connectivity index (χ3n) is 8.98. The second-order valence-corrected chi connectivity index (χ2v) is 17.6. The van der Waals surface area contributed by atoms with Crippen LogP contribution in [-0.2, 0) is 30.1 Å². The summed E-state index contributed by atoms with van der Waals surface area (Å²) in [6, 6.07) is 19.9. The van der Waals surface area contributed by atoms with Crippen molar-refractivity contribution in [1.82, 2.24) is 12.9 Å². The molecular weight excluding hydrogens is 583 g/mol. The molecular formula is C29H33N3O6S3. The third-order valence-corrected chi connectivity index (χ3v) is 14.4. The Morgan fingerprint density at radius 3 is 0.805 bits per heavy atom. The minimum atomic E-state index is -3.87.